The van der Waals surface area contributed by atoms with Crippen LogP contribution in [-0.4, -0.2) is 82.7 Å². The maximum absolute atomic E-state index is 13.2. The van der Waals surface area contributed by atoms with E-state index in [2.05, 4.69) is 25.3 Å². The number of piperazine rings is 1. The number of nitro groups is 1. The van der Waals surface area contributed by atoms with Gasteiger partial charge in [-0.15, -0.1) is 10.2 Å². The first-order chi connectivity index (χ1) is 17.1. The van der Waals surface area contributed by atoms with Crippen molar-refractivity contribution in [3.8, 4) is 0 Å². The van der Waals surface area contributed by atoms with Gasteiger partial charge in [-0.3, -0.25) is 19.8 Å². The van der Waals surface area contributed by atoms with Gasteiger partial charge in [-0.1, -0.05) is 11.3 Å². The number of carbonyl (C=O) groups is 1. The van der Waals surface area contributed by atoms with Crippen LogP contribution in [-0.2, 0) is 11.0 Å². The van der Waals surface area contributed by atoms with E-state index in [4.69, 9.17) is 0 Å². The van der Waals surface area contributed by atoms with E-state index in [-0.39, 0.29) is 17.6 Å². The van der Waals surface area contributed by atoms with E-state index >= 15 is 0 Å². The third kappa shape index (κ3) is 6.40. The monoisotopic (exact) mass is 527 g/mol. The van der Waals surface area contributed by atoms with Crippen LogP contribution in [0.5, 0.6) is 0 Å². The second kappa shape index (κ2) is 10.9. The Hall–Kier alpha value is -3.00. The summed E-state index contributed by atoms with van der Waals surface area (Å²) >= 11 is 1.59. The topological polar surface area (TPSA) is 108 Å². The molecule has 2 aliphatic rings. The Morgan fingerprint density at radius 3 is 2.61 bits per heavy atom. The van der Waals surface area contributed by atoms with Crippen molar-refractivity contribution in [3.63, 3.8) is 0 Å². The van der Waals surface area contributed by atoms with Crippen LogP contribution in [0.15, 0.2) is 18.2 Å². The molecule has 14 heteroatoms. The van der Waals surface area contributed by atoms with Crippen LogP contribution in [0.1, 0.15) is 29.8 Å². The molecular formula is C22H28F3N7O3S. The van der Waals surface area contributed by atoms with E-state index in [1.165, 1.54) is 6.07 Å². The third-order valence-corrected chi connectivity index (χ3v) is 7.33. The third-order valence-electron chi connectivity index (χ3n) is 6.43. The molecule has 0 saturated carbocycles. The highest BCUT2D eigenvalue weighted by Gasteiger charge is 2.38. The number of benzene rings is 1. The molecule has 196 valence electrons. The largest absolute Gasteiger partial charge is 0.423 e. The fourth-order valence-electron chi connectivity index (χ4n) is 4.54. The van der Waals surface area contributed by atoms with Crippen molar-refractivity contribution < 1.29 is 22.9 Å². The molecule has 1 N–H and O–H groups in total. The number of hydrogen-bond acceptors (Lipinski definition) is 9. The van der Waals surface area contributed by atoms with Gasteiger partial charge in [0.2, 0.25) is 11.0 Å². The van der Waals surface area contributed by atoms with Crippen molar-refractivity contribution in [2.75, 3.05) is 56.0 Å². The van der Waals surface area contributed by atoms with Crippen molar-refractivity contribution >= 4 is 33.8 Å². The summed E-state index contributed by atoms with van der Waals surface area (Å²) in [4.78, 5) is 28.8. The van der Waals surface area contributed by atoms with E-state index in [1.807, 2.05) is 6.92 Å². The van der Waals surface area contributed by atoms with Crippen LogP contribution in [0.3, 0.4) is 0 Å². The lowest BCUT2D eigenvalue weighted by molar-refractivity contribution is -0.388. The number of amides is 1. The van der Waals surface area contributed by atoms with Crippen molar-refractivity contribution in [2.24, 2.45) is 0 Å². The molecule has 36 heavy (non-hydrogen) atoms. The molecule has 2 saturated heterocycles. The van der Waals surface area contributed by atoms with Gasteiger partial charge in [0.05, 0.1) is 4.92 Å². The molecule has 1 aromatic heterocycles. The fourth-order valence-corrected chi connectivity index (χ4v) is 5.28. The Morgan fingerprint density at radius 1 is 1.22 bits per heavy atom. The number of aromatic nitrogens is 2. The number of alkyl halides is 3. The smallest absolute Gasteiger partial charge is 0.380 e. The molecule has 1 aromatic carbocycles. The number of halogens is 3. The van der Waals surface area contributed by atoms with E-state index in [9.17, 15) is 28.1 Å². The van der Waals surface area contributed by atoms with Crippen molar-refractivity contribution in [1.82, 2.24) is 20.0 Å². The van der Waals surface area contributed by atoms with Crippen molar-refractivity contribution in [1.29, 1.82) is 0 Å². The first kappa shape index (κ1) is 26.1. The van der Waals surface area contributed by atoms with Crippen LogP contribution in [0.4, 0.5) is 29.7 Å². The summed E-state index contributed by atoms with van der Waals surface area (Å²) in [5.74, 6) is 0.0296. The van der Waals surface area contributed by atoms with Gasteiger partial charge >= 0.3 is 6.18 Å². The number of nitro benzene ring substituents is 1. The molecule has 0 spiro atoms. The zero-order chi connectivity index (χ0) is 25.9. The molecular weight excluding hydrogens is 499 g/mol. The lowest BCUT2D eigenvalue weighted by atomic mass is 10.1. The lowest BCUT2D eigenvalue weighted by Gasteiger charge is -2.34. The Bertz CT molecular complexity index is 1090. The van der Waals surface area contributed by atoms with Crippen LogP contribution >= 0.6 is 11.3 Å². The van der Waals surface area contributed by atoms with E-state index in [0.29, 0.717) is 25.9 Å². The second-order valence-electron chi connectivity index (χ2n) is 8.99. The molecule has 2 aliphatic heterocycles. The molecule has 2 fully saturated rings. The second-order valence-corrected chi connectivity index (χ2v) is 10.2. The van der Waals surface area contributed by atoms with Crippen LogP contribution < -0.4 is 10.2 Å². The predicted molar refractivity (Wildman–Crippen MR) is 129 cm³/mol. The molecule has 2 aromatic rings. The summed E-state index contributed by atoms with van der Waals surface area (Å²) in [6.45, 7) is 7.23. The van der Waals surface area contributed by atoms with Crippen LogP contribution in [0.2, 0.25) is 0 Å². The Kier molecular flexibility index (Phi) is 7.93. The van der Waals surface area contributed by atoms with Gasteiger partial charge in [-0.25, -0.2) is 0 Å². The summed E-state index contributed by atoms with van der Waals surface area (Å²) in [7, 11) is 0. The maximum Gasteiger partial charge on any atom is 0.423 e. The molecule has 10 nitrogen and oxygen atoms in total. The van der Waals surface area contributed by atoms with Gasteiger partial charge in [0, 0.05) is 63.5 Å². The van der Waals surface area contributed by atoms with Crippen LogP contribution in [0, 0.1) is 17.0 Å². The maximum atomic E-state index is 13.2. The molecule has 0 bridgehead atoms. The zero-order valence-corrected chi connectivity index (χ0v) is 20.6. The van der Waals surface area contributed by atoms with Gasteiger partial charge in [0.1, 0.15) is 10.6 Å². The molecule has 0 aliphatic carbocycles. The highest BCUT2D eigenvalue weighted by molar-refractivity contribution is 7.15. The minimum absolute atomic E-state index is 0.0296. The number of hydrogen-bond donors (Lipinski definition) is 1. The number of likely N-dealkylation sites (tertiary alicyclic amines) is 1. The Morgan fingerprint density at radius 2 is 1.97 bits per heavy atom. The summed E-state index contributed by atoms with van der Waals surface area (Å²) in [5.41, 5.74) is -2.12. The van der Waals surface area contributed by atoms with Gasteiger partial charge in [-0.05, 0) is 38.4 Å². The van der Waals surface area contributed by atoms with E-state index in [1.54, 1.807) is 16.2 Å². The van der Waals surface area contributed by atoms with E-state index < -0.39 is 22.4 Å². The minimum atomic E-state index is -4.83. The van der Waals surface area contributed by atoms with E-state index in [0.717, 1.165) is 61.4 Å². The molecule has 0 unspecified atom stereocenters. The number of carbonyl (C=O) groups excluding carboxylic acids is 1. The molecule has 3 heterocycles. The molecule has 1 amide bonds. The predicted octanol–water partition coefficient (Wildman–Crippen LogP) is 3.39. The van der Waals surface area contributed by atoms with Gasteiger partial charge < -0.3 is 15.1 Å². The fraction of sp³-hybridized carbons (Fsp3) is 0.591. The molecule has 1 atom stereocenters. The number of rotatable bonds is 8. The first-order valence-electron chi connectivity index (χ1n) is 11.8. The van der Waals surface area contributed by atoms with Crippen molar-refractivity contribution in [3.05, 3.63) is 38.9 Å². The standard InChI is InChI=1S/C22H28F3N7O3S/c1-15-27-28-21(36-15)30-11-9-29(10-12-30)7-2-3-20(33)31-8-6-17(14-31)26-16-4-5-19(32(34)35)18(13-16)22(23,24)25/h4-5,13,17,26H,2-3,6-12,14H2,1H3/t17-/m1/s1. The van der Waals surface area contributed by atoms with Crippen LogP contribution in [0.25, 0.3) is 0 Å². The normalized spacial score (nSPS) is 19.1. The van der Waals surface area contributed by atoms with Crippen molar-refractivity contribution in [2.45, 2.75) is 38.4 Å². The summed E-state index contributed by atoms with van der Waals surface area (Å²) < 4.78 is 39.7. The Balaban J connectivity index is 1.20. The minimum Gasteiger partial charge on any atom is -0.380 e. The Labute approximate surface area is 210 Å². The highest BCUT2D eigenvalue weighted by atomic mass is 32.1. The molecule has 0 radical (unpaired) electrons. The number of aryl methyl sites for hydroxylation is 1. The summed E-state index contributed by atoms with van der Waals surface area (Å²) in [5, 5.41) is 24.1. The number of anilines is 2. The number of nitrogens with one attached hydrogen (secondary N) is 1. The average molecular weight is 528 g/mol. The summed E-state index contributed by atoms with van der Waals surface area (Å²) in [6, 6.07) is 2.67. The van der Waals surface area contributed by atoms with Gasteiger partial charge in [0.25, 0.3) is 5.69 Å². The quantitative estimate of drug-likeness (QED) is 0.411. The summed E-state index contributed by atoms with van der Waals surface area (Å²) in [6.07, 6.45) is -3.08. The zero-order valence-electron chi connectivity index (χ0n) is 19.8. The molecule has 4 rings (SSSR count). The van der Waals surface area contributed by atoms with Gasteiger partial charge in [0.15, 0.2) is 0 Å². The highest BCUT2D eigenvalue weighted by Crippen LogP contribution is 2.37. The first-order valence-corrected chi connectivity index (χ1v) is 12.6. The van der Waals surface area contributed by atoms with Gasteiger partial charge in [-0.2, -0.15) is 13.2 Å². The lowest BCUT2D eigenvalue weighted by Crippen LogP contribution is -2.46. The number of nitrogens with zero attached hydrogens (tertiary/aromatic N) is 6. The average Bonchev–Trinajstić information content (AvgIpc) is 3.48. The SMILES string of the molecule is Cc1nnc(N2CCN(CCCC(=O)N3CC[C@@H](Nc4ccc([N+](=O)[O-])c(C(F)(F)F)c4)C3)CC2)s1.